The third kappa shape index (κ3) is 1.88. The van der Waals surface area contributed by atoms with Crippen LogP contribution in [0.25, 0.3) is 0 Å². The van der Waals surface area contributed by atoms with Gasteiger partial charge in [-0.1, -0.05) is 18.2 Å². The molecule has 1 aliphatic rings. The van der Waals surface area contributed by atoms with Crippen molar-refractivity contribution in [2.45, 2.75) is 19.4 Å². The van der Waals surface area contributed by atoms with Crippen molar-refractivity contribution < 1.29 is 9.59 Å². The molecule has 1 aromatic carbocycles. The maximum atomic E-state index is 11.7. The number of rotatable bonds is 2. The molecule has 0 saturated carbocycles. The number of hydrogen-bond acceptors (Lipinski definition) is 3. The van der Waals surface area contributed by atoms with Crippen molar-refractivity contribution in [3.05, 3.63) is 29.8 Å². The lowest BCUT2D eigenvalue weighted by atomic mass is 10.2. The second kappa shape index (κ2) is 4.29. The van der Waals surface area contributed by atoms with Crippen molar-refractivity contribution >= 4 is 17.7 Å². The molecule has 1 heterocycles. The van der Waals surface area contributed by atoms with Crippen molar-refractivity contribution in [1.29, 1.82) is 0 Å². The van der Waals surface area contributed by atoms with Crippen LogP contribution in [0.2, 0.25) is 0 Å². The summed E-state index contributed by atoms with van der Waals surface area (Å²) in [5, 5.41) is 0. The van der Waals surface area contributed by atoms with Crippen LogP contribution in [0.3, 0.4) is 0 Å². The number of aryl methyl sites for hydroxylation is 1. The van der Waals surface area contributed by atoms with E-state index in [1.165, 1.54) is 6.08 Å². The molecule has 4 nitrogen and oxygen atoms in total. The Balaban J connectivity index is 2.26. The Labute approximate surface area is 93.6 Å². The van der Waals surface area contributed by atoms with Crippen LogP contribution in [0, 0.1) is 6.92 Å². The summed E-state index contributed by atoms with van der Waals surface area (Å²) in [5.74, 6) is 0.0123. The summed E-state index contributed by atoms with van der Waals surface area (Å²) in [6.45, 7) is 2.43. The van der Waals surface area contributed by atoms with Gasteiger partial charge in [-0.3, -0.25) is 4.79 Å². The molecule has 0 bridgehead atoms. The normalized spacial score (nSPS) is 19.7. The molecule has 16 heavy (non-hydrogen) atoms. The van der Waals surface area contributed by atoms with Crippen molar-refractivity contribution in [2.24, 2.45) is 4.99 Å². The third-order valence-electron chi connectivity index (χ3n) is 2.75. The first-order valence-electron chi connectivity index (χ1n) is 5.15. The average molecular weight is 216 g/mol. The molecule has 0 spiro atoms. The van der Waals surface area contributed by atoms with Crippen molar-refractivity contribution in [3.8, 4) is 0 Å². The van der Waals surface area contributed by atoms with Gasteiger partial charge in [0.1, 0.15) is 0 Å². The second-order valence-corrected chi connectivity index (χ2v) is 3.87. The van der Waals surface area contributed by atoms with E-state index in [4.69, 9.17) is 0 Å². The quantitative estimate of drug-likeness (QED) is 0.554. The van der Waals surface area contributed by atoms with E-state index in [2.05, 4.69) is 4.99 Å². The molecule has 2 rings (SSSR count). The van der Waals surface area contributed by atoms with E-state index >= 15 is 0 Å². The average Bonchev–Trinajstić information content (AvgIpc) is 2.61. The number of aliphatic imine (C=N–C) groups is 1. The van der Waals surface area contributed by atoms with E-state index in [-0.39, 0.29) is 11.9 Å². The molecule has 1 aliphatic heterocycles. The van der Waals surface area contributed by atoms with Gasteiger partial charge in [0.2, 0.25) is 12.0 Å². The summed E-state index contributed by atoms with van der Waals surface area (Å²) >= 11 is 0. The van der Waals surface area contributed by atoms with E-state index in [1.54, 1.807) is 4.90 Å². The number of amides is 1. The van der Waals surface area contributed by atoms with E-state index in [1.807, 2.05) is 31.2 Å². The molecule has 0 aliphatic carbocycles. The summed E-state index contributed by atoms with van der Waals surface area (Å²) in [5.41, 5.74) is 1.95. The third-order valence-corrected chi connectivity index (χ3v) is 2.75. The van der Waals surface area contributed by atoms with Gasteiger partial charge in [0.05, 0.1) is 12.5 Å². The smallest absolute Gasteiger partial charge is 0.235 e. The number of anilines is 1. The predicted octanol–water partition coefficient (Wildman–Crippen LogP) is 1.44. The van der Waals surface area contributed by atoms with E-state index in [0.717, 1.165) is 11.3 Å². The summed E-state index contributed by atoms with van der Waals surface area (Å²) in [6, 6.07) is 7.44. The maximum Gasteiger partial charge on any atom is 0.235 e. The van der Waals surface area contributed by atoms with Crippen LogP contribution < -0.4 is 4.90 Å². The first-order chi connectivity index (χ1) is 7.72. The van der Waals surface area contributed by atoms with Crippen LogP contribution in [0.5, 0.6) is 0 Å². The Morgan fingerprint density at radius 2 is 2.19 bits per heavy atom. The predicted molar refractivity (Wildman–Crippen MR) is 60.1 cm³/mol. The fourth-order valence-electron chi connectivity index (χ4n) is 1.95. The Morgan fingerprint density at radius 1 is 1.44 bits per heavy atom. The lowest BCUT2D eigenvalue weighted by molar-refractivity contribution is -0.117. The van der Waals surface area contributed by atoms with Crippen LogP contribution >= 0.6 is 0 Å². The number of para-hydroxylation sites is 1. The molecule has 1 unspecified atom stereocenters. The van der Waals surface area contributed by atoms with Gasteiger partial charge in [0, 0.05) is 12.2 Å². The topological polar surface area (TPSA) is 49.7 Å². The molecule has 1 atom stereocenters. The van der Waals surface area contributed by atoms with E-state index in [9.17, 15) is 9.59 Å². The minimum atomic E-state index is -0.246. The Kier molecular flexibility index (Phi) is 2.84. The molecule has 4 heteroatoms. The maximum absolute atomic E-state index is 11.7. The Bertz CT molecular complexity index is 464. The molecule has 1 saturated heterocycles. The number of isocyanates is 1. The molecule has 0 aromatic heterocycles. The van der Waals surface area contributed by atoms with E-state index < -0.39 is 0 Å². The van der Waals surface area contributed by atoms with Crippen LogP contribution in [0.1, 0.15) is 12.0 Å². The summed E-state index contributed by atoms with van der Waals surface area (Å²) in [6.07, 6.45) is 1.81. The molecular weight excluding hydrogens is 204 g/mol. The number of nitrogens with zero attached hydrogens (tertiary/aromatic N) is 2. The van der Waals surface area contributed by atoms with Crippen LogP contribution in [-0.2, 0) is 9.59 Å². The SMILES string of the molecule is Cc1ccccc1N1CC(N=C=O)CC1=O. The van der Waals surface area contributed by atoms with Crippen LogP contribution in [0.15, 0.2) is 29.3 Å². The lowest BCUT2D eigenvalue weighted by Crippen LogP contribution is -2.25. The molecule has 1 aromatic rings. The van der Waals surface area contributed by atoms with Gasteiger partial charge in [-0.05, 0) is 18.6 Å². The van der Waals surface area contributed by atoms with Gasteiger partial charge in [0.15, 0.2) is 0 Å². The molecule has 1 amide bonds. The Hall–Kier alpha value is -1.93. The first-order valence-corrected chi connectivity index (χ1v) is 5.15. The highest BCUT2D eigenvalue weighted by Crippen LogP contribution is 2.25. The van der Waals surface area contributed by atoms with Crippen LogP contribution in [-0.4, -0.2) is 24.6 Å². The zero-order valence-corrected chi connectivity index (χ0v) is 9.01. The largest absolute Gasteiger partial charge is 0.310 e. The summed E-state index contributed by atoms with van der Waals surface area (Å²) in [7, 11) is 0. The van der Waals surface area contributed by atoms with Gasteiger partial charge in [-0.15, -0.1) is 0 Å². The number of hydrogen-bond donors (Lipinski definition) is 0. The standard InChI is InChI=1S/C12H12N2O2/c1-9-4-2-3-5-11(9)14-7-10(13-8-15)6-12(14)16/h2-5,10H,6-7H2,1H3. The Morgan fingerprint density at radius 3 is 2.88 bits per heavy atom. The highest BCUT2D eigenvalue weighted by atomic mass is 16.2. The monoisotopic (exact) mass is 216 g/mol. The highest BCUT2D eigenvalue weighted by molar-refractivity contribution is 5.97. The number of carbonyl (C=O) groups excluding carboxylic acids is 2. The molecule has 0 radical (unpaired) electrons. The summed E-state index contributed by atoms with van der Waals surface area (Å²) < 4.78 is 0. The molecule has 1 fully saturated rings. The van der Waals surface area contributed by atoms with Crippen molar-refractivity contribution in [1.82, 2.24) is 0 Å². The number of carbonyl (C=O) groups is 1. The zero-order chi connectivity index (χ0) is 11.5. The van der Waals surface area contributed by atoms with E-state index in [0.29, 0.717) is 13.0 Å². The second-order valence-electron chi connectivity index (χ2n) is 3.87. The van der Waals surface area contributed by atoms with Gasteiger partial charge in [0.25, 0.3) is 0 Å². The minimum Gasteiger partial charge on any atom is -0.310 e. The minimum absolute atomic E-state index is 0.0123. The lowest BCUT2D eigenvalue weighted by Gasteiger charge is -2.17. The molecule has 82 valence electrons. The molecule has 0 N–H and O–H groups in total. The number of benzene rings is 1. The van der Waals surface area contributed by atoms with Gasteiger partial charge in [-0.2, -0.15) is 0 Å². The summed E-state index contributed by atoms with van der Waals surface area (Å²) in [4.78, 5) is 27.2. The highest BCUT2D eigenvalue weighted by Gasteiger charge is 2.30. The van der Waals surface area contributed by atoms with Gasteiger partial charge < -0.3 is 4.90 Å². The van der Waals surface area contributed by atoms with Gasteiger partial charge in [-0.25, -0.2) is 9.79 Å². The van der Waals surface area contributed by atoms with Crippen molar-refractivity contribution in [2.75, 3.05) is 11.4 Å². The zero-order valence-electron chi connectivity index (χ0n) is 9.01. The van der Waals surface area contributed by atoms with Gasteiger partial charge >= 0.3 is 0 Å². The van der Waals surface area contributed by atoms with Crippen LogP contribution in [0.4, 0.5) is 5.69 Å². The fourth-order valence-corrected chi connectivity index (χ4v) is 1.95. The molecular formula is C12H12N2O2. The fraction of sp³-hybridized carbons (Fsp3) is 0.333. The van der Waals surface area contributed by atoms with Crippen molar-refractivity contribution in [3.63, 3.8) is 0 Å². The first kappa shape index (κ1) is 10.6.